The third kappa shape index (κ3) is 5.81. The number of fused-ring (bicyclic) bond motifs is 3. The highest BCUT2D eigenvalue weighted by Gasteiger charge is 2.85. The van der Waals surface area contributed by atoms with Gasteiger partial charge in [0, 0.05) is 36.1 Å². The van der Waals surface area contributed by atoms with Crippen LogP contribution in [0.3, 0.4) is 0 Å². The Morgan fingerprint density at radius 2 is 1.88 bits per heavy atom. The van der Waals surface area contributed by atoms with Gasteiger partial charge in [0.05, 0.1) is 19.0 Å². The molecule has 2 aliphatic heterocycles. The maximum atomic E-state index is 14.4. The number of carbonyl (C=O) groups excluding carboxylic acids is 3. The number of epoxide rings is 1. The topological polar surface area (TPSA) is 143 Å². The molecule has 7 rings (SSSR count). The number of ether oxygens (including phenoxy) is 2. The first-order valence-corrected chi connectivity index (χ1v) is 18.6. The van der Waals surface area contributed by atoms with Crippen LogP contribution in [0.1, 0.15) is 98.8 Å². The molecule has 0 spiro atoms. The van der Waals surface area contributed by atoms with Crippen molar-refractivity contribution < 1.29 is 29.0 Å². The van der Waals surface area contributed by atoms with Gasteiger partial charge in [-0.15, -0.1) is 0 Å². The maximum Gasteiger partial charge on any atom is 0.350 e. The fourth-order valence-corrected chi connectivity index (χ4v) is 9.53. The van der Waals surface area contributed by atoms with E-state index >= 15 is 0 Å². The smallest absolute Gasteiger partial charge is 0.350 e. The number of nitrogens with two attached hydrogens (primary N) is 1. The van der Waals surface area contributed by atoms with E-state index in [-0.39, 0.29) is 48.1 Å². The number of likely N-dealkylation sites (N-methyl/N-ethyl adjacent to an activating group) is 1. The summed E-state index contributed by atoms with van der Waals surface area (Å²) in [6.07, 6.45) is 19.8. The number of hydrogen-bond acceptors (Lipinski definition) is 9. The summed E-state index contributed by atoms with van der Waals surface area (Å²) in [6.45, 7) is 5.26. The lowest BCUT2D eigenvalue weighted by molar-refractivity contribution is -0.150. The van der Waals surface area contributed by atoms with E-state index in [4.69, 9.17) is 15.2 Å². The van der Waals surface area contributed by atoms with Crippen molar-refractivity contribution in [1.82, 2.24) is 10.6 Å². The van der Waals surface area contributed by atoms with Crippen LogP contribution in [0.4, 0.5) is 0 Å². The van der Waals surface area contributed by atoms with Crippen LogP contribution in [0.25, 0.3) is 0 Å². The van der Waals surface area contributed by atoms with Gasteiger partial charge in [-0.25, -0.2) is 4.79 Å². The van der Waals surface area contributed by atoms with Gasteiger partial charge >= 0.3 is 5.97 Å². The van der Waals surface area contributed by atoms with Crippen molar-refractivity contribution in [2.24, 2.45) is 23.0 Å². The van der Waals surface area contributed by atoms with Crippen LogP contribution in [-0.4, -0.2) is 66.2 Å². The summed E-state index contributed by atoms with van der Waals surface area (Å²) < 4.78 is 12.3. The fraction of sp³-hybridized carbons (Fsp3) is 0.537. The van der Waals surface area contributed by atoms with Crippen molar-refractivity contribution in [2.75, 3.05) is 26.3 Å². The molecule has 2 fully saturated rings. The third-order valence-electron chi connectivity index (χ3n) is 12.3. The molecule has 5 atom stereocenters. The molecule has 0 amide bonds. The lowest BCUT2D eigenvalue weighted by Gasteiger charge is -2.41. The van der Waals surface area contributed by atoms with Crippen molar-refractivity contribution in [3.05, 3.63) is 93.9 Å². The van der Waals surface area contributed by atoms with E-state index < -0.39 is 28.7 Å². The molecular weight excluding hydrogens is 630 g/mol. The molecule has 1 saturated carbocycles. The van der Waals surface area contributed by atoms with Crippen LogP contribution < -0.4 is 16.4 Å². The molecule has 5 N–H and O–H groups in total. The Kier molecular flexibility index (Phi) is 9.52. The maximum absolute atomic E-state index is 14.4. The molecule has 50 heavy (non-hydrogen) atoms. The Morgan fingerprint density at radius 1 is 1.12 bits per heavy atom. The number of aliphatic hydroxyl groups excluding tert-OH is 1. The van der Waals surface area contributed by atoms with Crippen molar-refractivity contribution in [1.29, 1.82) is 0 Å². The third-order valence-corrected chi connectivity index (χ3v) is 12.3. The Hall–Kier alpha value is -3.79. The molecular formula is C41H51N3O6. The van der Waals surface area contributed by atoms with E-state index in [0.29, 0.717) is 30.3 Å². The number of ketones is 2. The van der Waals surface area contributed by atoms with Crippen molar-refractivity contribution in [3.63, 3.8) is 0 Å². The summed E-state index contributed by atoms with van der Waals surface area (Å²) in [5, 5.41) is 17.6. The van der Waals surface area contributed by atoms with E-state index in [1.807, 2.05) is 13.0 Å². The van der Waals surface area contributed by atoms with Crippen LogP contribution >= 0.6 is 0 Å². The number of esters is 1. The molecule has 4 aliphatic carbocycles. The number of nitrogens with one attached hydrogen (secondary N) is 2. The van der Waals surface area contributed by atoms with Gasteiger partial charge in [-0.2, -0.15) is 0 Å². The number of benzene rings is 1. The molecule has 0 bridgehead atoms. The van der Waals surface area contributed by atoms with Gasteiger partial charge in [-0.3, -0.25) is 9.59 Å². The van der Waals surface area contributed by atoms with E-state index in [1.165, 1.54) is 17.6 Å². The number of allylic oxidation sites excluding steroid dienone is 6. The summed E-state index contributed by atoms with van der Waals surface area (Å²) in [4.78, 5) is 43.0. The SMILES string of the molecule is CCNC1C=C2C=CCCC2CC1COC(=O)C12OC1(CC(CO)=C(C)CC1(C3=CCNC(N)=C3)CCCCC1)C(=O)c1ccccc1C2=O. The number of rotatable bonds is 11. The average molecular weight is 682 g/mol. The standard InChI is InChI=1S/C41H51N3O6/c1-3-43-34-20-28-12-6-5-11-27(28)19-29(34)25-49-38(48)41-37(47)33-14-8-7-13-32(33)36(46)40(41,50-41)23-30(24-45)26(2)22-39(16-9-4-10-17-39)31-15-18-44-35(42)21-31/h6-8,12-15,20-21,27,29,34,43-45H,3-5,9-11,16-19,22-25,42H2,1-2H3. The zero-order valence-corrected chi connectivity index (χ0v) is 29.4. The highest BCUT2D eigenvalue weighted by Crippen LogP contribution is 2.60. The second-order valence-corrected chi connectivity index (χ2v) is 15.2. The Balaban J connectivity index is 1.19. The average Bonchev–Trinajstić information content (AvgIpc) is 3.84. The summed E-state index contributed by atoms with van der Waals surface area (Å²) in [7, 11) is 0. The normalized spacial score (nSPS) is 31.5. The van der Waals surface area contributed by atoms with Gasteiger partial charge in [0.1, 0.15) is 0 Å². The van der Waals surface area contributed by atoms with Crippen LogP contribution in [0.15, 0.2) is 82.8 Å². The number of dihydropyridines is 1. The van der Waals surface area contributed by atoms with Crippen LogP contribution in [0, 0.1) is 17.3 Å². The second-order valence-electron chi connectivity index (χ2n) is 15.2. The lowest BCUT2D eigenvalue weighted by atomic mass is 9.64. The summed E-state index contributed by atoms with van der Waals surface area (Å²) in [5.41, 5.74) is 6.66. The monoisotopic (exact) mass is 681 g/mol. The molecule has 9 nitrogen and oxygen atoms in total. The van der Waals surface area contributed by atoms with Gasteiger partial charge in [-0.1, -0.05) is 80.3 Å². The Bertz CT molecular complexity index is 1710. The largest absolute Gasteiger partial charge is 0.463 e. The molecule has 2 heterocycles. The zero-order valence-electron chi connectivity index (χ0n) is 29.4. The molecule has 1 aromatic carbocycles. The minimum absolute atomic E-state index is 0.0135. The Labute approximate surface area is 295 Å². The van der Waals surface area contributed by atoms with Crippen molar-refractivity contribution in [3.8, 4) is 0 Å². The predicted molar refractivity (Wildman–Crippen MR) is 191 cm³/mol. The van der Waals surface area contributed by atoms with Gasteiger partial charge in [0.25, 0.3) is 5.60 Å². The quantitative estimate of drug-likeness (QED) is 0.105. The predicted octanol–water partition coefficient (Wildman–Crippen LogP) is 5.38. The molecule has 266 valence electrons. The summed E-state index contributed by atoms with van der Waals surface area (Å²) in [6, 6.07) is 6.62. The van der Waals surface area contributed by atoms with E-state index in [2.05, 4.69) is 41.9 Å². The number of carbonyl (C=O) groups is 3. The molecule has 9 heteroatoms. The summed E-state index contributed by atoms with van der Waals surface area (Å²) in [5.74, 6) is -0.733. The second kappa shape index (κ2) is 13.7. The minimum Gasteiger partial charge on any atom is -0.463 e. The number of aliphatic hydroxyl groups is 1. The molecule has 0 aromatic heterocycles. The molecule has 6 aliphatic rings. The number of hydrogen-bond donors (Lipinski definition) is 4. The molecule has 5 unspecified atom stereocenters. The first-order valence-electron chi connectivity index (χ1n) is 18.6. The van der Waals surface area contributed by atoms with Crippen molar-refractivity contribution >= 4 is 17.5 Å². The van der Waals surface area contributed by atoms with Crippen molar-refractivity contribution in [2.45, 2.75) is 95.3 Å². The van der Waals surface area contributed by atoms with Gasteiger partial charge in [-0.05, 0) is 86.1 Å². The van der Waals surface area contributed by atoms with Gasteiger partial charge in [0.2, 0.25) is 5.78 Å². The Morgan fingerprint density at radius 3 is 2.60 bits per heavy atom. The molecule has 0 radical (unpaired) electrons. The highest BCUT2D eigenvalue weighted by molar-refractivity contribution is 6.32. The lowest BCUT2D eigenvalue weighted by Crippen LogP contribution is -2.51. The van der Waals surface area contributed by atoms with E-state index in [0.717, 1.165) is 57.1 Å². The first-order chi connectivity index (χ1) is 24.2. The molecule has 1 saturated heterocycles. The minimum atomic E-state index is -2.09. The van der Waals surface area contributed by atoms with Gasteiger partial charge in [0.15, 0.2) is 11.4 Å². The number of Topliss-reactive ketones (excluding diaryl/α,β-unsaturated/α-hetero) is 2. The fourth-order valence-electron chi connectivity index (χ4n) is 9.53. The van der Waals surface area contributed by atoms with E-state index in [9.17, 15) is 19.5 Å². The highest BCUT2D eigenvalue weighted by atomic mass is 16.7. The van der Waals surface area contributed by atoms with Gasteiger partial charge < -0.3 is 30.9 Å². The van der Waals surface area contributed by atoms with Crippen LogP contribution in [-0.2, 0) is 14.3 Å². The molecule has 1 aromatic rings. The van der Waals surface area contributed by atoms with Crippen LogP contribution in [0.2, 0.25) is 0 Å². The summed E-state index contributed by atoms with van der Waals surface area (Å²) >= 11 is 0. The van der Waals surface area contributed by atoms with E-state index in [1.54, 1.807) is 24.3 Å². The zero-order chi connectivity index (χ0) is 35.1. The van der Waals surface area contributed by atoms with Crippen LogP contribution in [0.5, 0.6) is 0 Å². The first kappa shape index (κ1) is 34.6.